The minimum absolute atomic E-state index is 0.112. The molecule has 1 aromatic rings. The summed E-state index contributed by atoms with van der Waals surface area (Å²) in [6.45, 7) is 4.70. The molecule has 96 valence electrons. The molecule has 0 saturated heterocycles. The van der Waals surface area contributed by atoms with Gasteiger partial charge < -0.3 is 0 Å². The van der Waals surface area contributed by atoms with E-state index in [1.807, 2.05) is 18.5 Å². The topological polar surface area (TPSA) is 72.9 Å². The molecule has 6 heteroatoms. The summed E-state index contributed by atoms with van der Waals surface area (Å²) in [5.41, 5.74) is 3.99. The number of hydrazine groups is 1. The highest BCUT2D eigenvalue weighted by Crippen LogP contribution is 2.19. The van der Waals surface area contributed by atoms with E-state index < -0.39 is 0 Å². The Morgan fingerprint density at radius 1 is 1.41 bits per heavy atom. The standard InChI is InChI=1S/C11H19ClN4O/c1-8-11(12)9(2)16(15-8)7-5-3-4-6-10(17)14-13/h3-7,13H2,1-2H3,(H,14,17). The van der Waals surface area contributed by atoms with Gasteiger partial charge in [0.2, 0.25) is 5.91 Å². The molecule has 3 N–H and O–H groups in total. The Labute approximate surface area is 106 Å². The van der Waals surface area contributed by atoms with E-state index in [1.165, 1.54) is 0 Å². The summed E-state index contributed by atoms with van der Waals surface area (Å²) in [5.74, 6) is 4.88. The van der Waals surface area contributed by atoms with Gasteiger partial charge in [0.05, 0.1) is 16.4 Å². The van der Waals surface area contributed by atoms with Gasteiger partial charge in [0.1, 0.15) is 0 Å². The second-order valence-electron chi connectivity index (χ2n) is 4.09. The van der Waals surface area contributed by atoms with Crippen LogP contribution in [0.15, 0.2) is 0 Å². The fourth-order valence-electron chi connectivity index (χ4n) is 1.69. The molecule has 0 aliphatic carbocycles. The van der Waals surface area contributed by atoms with Gasteiger partial charge in [-0.25, -0.2) is 5.84 Å². The average molecular weight is 259 g/mol. The molecular weight excluding hydrogens is 240 g/mol. The highest BCUT2D eigenvalue weighted by molar-refractivity contribution is 6.31. The van der Waals surface area contributed by atoms with E-state index in [9.17, 15) is 4.79 Å². The van der Waals surface area contributed by atoms with Gasteiger partial charge in [-0.15, -0.1) is 0 Å². The molecule has 5 nitrogen and oxygen atoms in total. The Balaban J connectivity index is 2.27. The molecule has 0 atom stereocenters. The van der Waals surface area contributed by atoms with Crippen molar-refractivity contribution in [2.45, 2.75) is 46.1 Å². The number of aromatic nitrogens is 2. The smallest absolute Gasteiger partial charge is 0.233 e. The minimum Gasteiger partial charge on any atom is -0.294 e. The number of hydrogen-bond donors (Lipinski definition) is 2. The third-order valence-corrected chi connectivity index (χ3v) is 3.27. The van der Waals surface area contributed by atoms with Gasteiger partial charge in [0, 0.05) is 13.0 Å². The fourth-order valence-corrected chi connectivity index (χ4v) is 1.82. The third kappa shape index (κ3) is 4.02. The van der Waals surface area contributed by atoms with Crippen LogP contribution < -0.4 is 11.3 Å². The Morgan fingerprint density at radius 3 is 2.65 bits per heavy atom. The lowest BCUT2D eigenvalue weighted by Gasteiger charge is -2.04. The number of halogens is 1. The first-order valence-corrected chi connectivity index (χ1v) is 6.13. The van der Waals surface area contributed by atoms with Crippen LogP contribution in [0.25, 0.3) is 0 Å². The maximum atomic E-state index is 10.9. The molecule has 0 radical (unpaired) electrons. The number of nitrogens with two attached hydrogens (primary N) is 1. The molecule has 1 heterocycles. The summed E-state index contributed by atoms with van der Waals surface area (Å²) in [7, 11) is 0. The first-order valence-electron chi connectivity index (χ1n) is 5.75. The Kier molecular flexibility index (Phi) is 5.44. The van der Waals surface area contributed by atoms with Crippen molar-refractivity contribution in [3.05, 3.63) is 16.4 Å². The molecule has 1 rings (SSSR count). The average Bonchev–Trinajstić information content (AvgIpc) is 2.56. The van der Waals surface area contributed by atoms with E-state index in [1.54, 1.807) is 0 Å². The highest BCUT2D eigenvalue weighted by atomic mass is 35.5. The molecule has 0 aliphatic heterocycles. The summed E-state index contributed by atoms with van der Waals surface area (Å²) >= 11 is 6.05. The predicted molar refractivity (Wildman–Crippen MR) is 67.5 cm³/mol. The lowest BCUT2D eigenvalue weighted by atomic mass is 10.2. The number of carbonyl (C=O) groups is 1. The molecule has 0 aliphatic rings. The van der Waals surface area contributed by atoms with E-state index in [0.29, 0.717) is 6.42 Å². The monoisotopic (exact) mass is 258 g/mol. The molecule has 17 heavy (non-hydrogen) atoms. The van der Waals surface area contributed by atoms with Crippen molar-refractivity contribution in [1.29, 1.82) is 0 Å². The van der Waals surface area contributed by atoms with Gasteiger partial charge in [-0.2, -0.15) is 5.10 Å². The van der Waals surface area contributed by atoms with Crippen LogP contribution >= 0.6 is 11.6 Å². The van der Waals surface area contributed by atoms with Gasteiger partial charge in [-0.3, -0.25) is 14.9 Å². The number of hydrogen-bond acceptors (Lipinski definition) is 3. The second-order valence-corrected chi connectivity index (χ2v) is 4.46. The van der Waals surface area contributed by atoms with Crippen LogP contribution in [0, 0.1) is 13.8 Å². The van der Waals surface area contributed by atoms with Gasteiger partial charge in [-0.05, 0) is 26.7 Å². The number of aryl methyl sites for hydroxylation is 2. The van der Waals surface area contributed by atoms with Crippen LogP contribution in [0.5, 0.6) is 0 Å². The van der Waals surface area contributed by atoms with E-state index in [2.05, 4.69) is 10.5 Å². The van der Waals surface area contributed by atoms with Crippen LogP contribution in [0.4, 0.5) is 0 Å². The largest absolute Gasteiger partial charge is 0.294 e. The summed E-state index contributed by atoms with van der Waals surface area (Å²) in [5, 5.41) is 5.09. The van der Waals surface area contributed by atoms with Crippen LogP contribution in [-0.4, -0.2) is 15.7 Å². The number of unbranched alkanes of at least 4 members (excludes halogenated alkanes) is 2. The molecule has 1 aromatic heterocycles. The number of rotatable bonds is 6. The highest BCUT2D eigenvalue weighted by Gasteiger charge is 2.08. The maximum absolute atomic E-state index is 10.9. The van der Waals surface area contributed by atoms with Crippen molar-refractivity contribution in [2.24, 2.45) is 5.84 Å². The van der Waals surface area contributed by atoms with Gasteiger partial charge in [0.15, 0.2) is 0 Å². The Morgan fingerprint density at radius 2 is 2.12 bits per heavy atom. The maximum Gasteiger partial charge on any atom is 0.233 e. The molecule has 0 spiro atoms. The molecule has 0 bridgehead atoms. The zero-order valence-electron chi connectivity index (χ0n) is 10.3. The van der Waals surface area contributed by atoms with Crippen molar-refractivity contribution in [3.63, 3.8) is 0 Å². The van der Waals surface area contributed by atoms with E-state index >= 15 is 0 Å². The zero-order chi connectivity index (χ0) is 12.8. The third-order valence-electron chi connectivity index (χ3n) is 2.73. The number of nitrogens with one attached hydrogen (secondary N) is 1. The minimum atomic E-state index is -0.112. The Hall–Kier alpha value is -1.07. The van der Waals surface area contributed by atoms with Crippen molar-refractivity contribution in [1.82, 2.24) is 15.2 Å². The van der Waals surface area contributed by atoms with Crippen LogP contribution in [-0.2, 0) is 11.3 Å². The second kappa shape index (κ2) is 6.61. The van der Waals surface area contributed by atoms with Crippen molar-refractivity contribution < 1.29 is 4.79 Å². The molecule has 0 fully saturated rings. The molecule has 1 amide bonds. The quantitative estimate of drug-likeness (QED) is 0.353. The van der Waals surface area contributed by atoms with E-state index in [-0.39, 0.29) is 5.91 Å². The predicted octanol–water partition coefficient (Wildman–Crippen LogP) is 1.70. The van der Waals surface area contributed by atoms with Crippen molar-refractivity contribution in [3.8, 4) is 0 Å². The lowest BCUT2D eigenvalue weighted by molar-refractivity contribution is -0.121. The van der Waals surface area contributed by atoms with Gasteiger partial charge >= 0.3 is 0 Å². The van der Waals surface area contributed by atoms with E-state index in [4.69, 9.17) is 17.4 Å². The fraction of sp³-hybridized carbons (Fsp3) is 0.636. The molecule has 0 saturated carbocycles. The summed E-state index contributed by atoms with van der Waals surface area (Å²) < 4.78 is 1.92. The summed E-state index contributed by atoms with van der Waals surface area (Å²) in [4.78, 5) is 10.9. The lowest BCUT2D eigenvalue weighted by Crippen LogP contribution is -2.29. The number of carbonyl (C=O) groups excluding carboxylic acids is 1. The van der Waals surface area contributed by atoms with Crippen LogP contribution in [0.3, 0.4) is 0 Å². The van der Waals surface area contributed by atoms with E-state index in [0.717, 1.165) is 42.2 Å². The van der Waals surface area contributed by atoms with Gasteiger partial charge in [0.25, 0.3) is 0 Å². The number of nitrogens with zero attached hydrogens (tertiary/aromatic N) is 2. The summed E-state index contributed by atoms with van der Waals surface area (Å²) in [6.07, 6.45) is 3.28. The SMILES string of the molecule is Cc1nn(CCCCCC(=O)NN)c(C)c1Cl. The molecular formula is C11H19ClN4O. The molecule has 0 unspecified atom stereocenters. The van der Waals surface area contributed by atoms with Crippen molar-refractivity contribution >= 4 is 17.5 Å². The summed E-state index contributed by atoms with van der Waals surface area (Å²) in [6, 6.07) is 0. The first kappa shape index (κ1) is 14.0. The van der Waals surface area contributed by atoms with Crippen molar-refractivity contribution in [2.75, 3.05) is 0 Å². The first-order chi connectivity index (χ1) is 8.06. The van der Waals surface area contributed by atoms with Crippen LogP contribution in [0.2, 0.25) is 5.02 Å². The normalized spacial score (nSPS) is 10.6. The van der Waals surface area contributed by atoms with Crippen LogP contribution in [0.1, 0.15) is 37.1 Å². The Bertz CT molecular complexity index is 389. The number of amides is 1. The zero-order valence-corrected chi connectivity index (χ0v) is 11.0. The molecule has 0 aromatic carbocycles. The van der Waals surface area contributed by atoms with Gasteiger partial charge in [-0.1, -0.05) is 18.0 Å².